The van der Waals surface area contributed by atoms with Gasteiger partial charge < -0.3 is 14.5 Å². The minimum absolute atomic E-state index is 0.0734. The predicted molar refractivity (Wildman–Crippen MR) is 105 cm³/mol. The number of rotatable bonds is 5. The zero-order chi connectivity index (χ0) is 19.9. The molecule has 1 amide bonds. The fraction of sp³-hybridized carbons (Fsp3) is 0.235. The highest BCUT2D eigenvalue weighted by Crippen LogP contribution is 2.40. The van der Waals surface area contributed by atoms with Crippen molar-refractivity contribution in [2.45, 2.75) is 20.0 Å². The van der Waals surface area contributed by atoms with E-state index in [9.17, 15) is 4.79 Å². The third-order valence-corrected chi connectivity index (χ3v) is 4.54. The second-order valence-electron chi connectivity index (χ2n) is 5.74. The molecule has 146 valence electrons. The number of imidazole rings is 1. The molecule has 4 aromatic rings. The number of nitrogens with zero attached hydrogens (tertiary/aromatic N) is 4. The van der Waals surface area contributed by atoms with Crippen LogP contribution < -0.4 is 14.8 Å². The largest absolute Gasteiger partial charge is 0.497 e. The molecule has 1 aromatic carbocycles. The highest BCUT2D eigenvalue weighted by atomic mass is 32.1. The lowest BCUT2D eigenvalue weighted by Crippen LogP contribution is -2.14. The third kappa shape index (κ3) is 4.62. The first-order valence-corrected chi connectivity index (χ1v) is 9.15. The molecular weight excluding hydrogens is 382 g/mol. The van der Waals surface area contributed by atoms with Gasteiger partial charge in [-0.15, -0.1) is 16.4 Å². The molecule has 0 aliphatic heterocycles. The van der Waals surface area contributed by atoms with Gasteiger partial charge in [-0.1, -0.05) is 5.10 Å². The Hall–Kier alpha value is -3.47. The van der Waals surface area contributed by atoms with Crippen LogP contribution >= 0.6 is 11.3 Å². The summed E-state index contributed by atoms with van der Waals surface area (Å²) in [4.78, 5) is 19.4. The summed E-state index contributed by atoms with van der Waals surface area (Å²) < 4.78 is 12.1. The first-order chi connectivity index (χ1) is 13.6. The van der Waals surface area contributed by atoms with E-state index >= 15 is 0 Å². The Morgan fingerprint density at radius 1 is 1.32 bits per heavy atom. The number of fused-ring (bicyclic) bond motifs is 1. The SMILES string of the molecule is COc1ccc2sc(C(=O)Nc3nn[nH]n3)c(OC(C)C)c2c1.c1c[nH]cn1. The van der Waals surface area contributed by atoms with Gasteiger partial charge in [0.15, 0.2) is 5.75 Å². The van der Waals surface area contributed by atoms with Crippen LogP contribution in [0.25, 0.3) is 10.1 Å². The van der Waals surface area contributed by atoms with Gasteiger partial charge in [-0.05, 0) is 37.3 Å². The number of tetrazole rings is 1. The Bertz CT molecular complexity index is 996. The zero-order valence-corrected chi connectivity index (χ0v) is 16.3. The molecule has 0 saturated carbocycles. The van der Waals surface area contributed by atoms with Crippen molar-refractivity contribution in [3.8, 4) is 11.5 Å². The molecule has 3 heterocycles. The number of carbonyl (C=O) groups is 1. The van der Waals surface area contributed by atoms with Crippen molar-refractivity contribution >= 4 is 33.3 Å². The van der Waals surface area contributed by atoms with Crippen molar-refractivity contribution in [2.24, 2.45) is 0 Å². The molecule has 0 radical (unpaired) electrons. The summed E-state index contributed by atoms with van der Waals surface area (Å²) in [7, 11) is 1.60. The first-order valence-electron chi connectivity index (χ1n) is 8.33. The van der Waals surface area contributed by atoms with Gasteiger partial charge in [0.05, 0.1) is 19.5 Å². The number of H-pyrrole nitrogens is 2. The molecule has 28 heavy (non-hydrogen) atoms. The fourth-order valence-electron chi connectivity index (χ4n) is 2.27. The lowest BCUT2D eigenvalue weighted by Gasteiger charge is -2.11. The predicted octanol–water partition coefficient (Wildman–Crippen LogP) is 2.87. The van der Waals surface area contributed by atoms with Crippen molar-refractivity contribution in [1.82, 2.24) is 30.6 Å². The molecule has 3 N–H and O–H groups in total. The molecule has 0 aliphatic rings. The van der Waals surface area contributed by atoms with Gasteiger partial charge in [-0.2, -0.15) is 5.21 Å². The topological polar surface area (TPSA) is 131 Å². The third-order valence-electron chi connectivity index (χ3n) is 3.39. The number of carbonyl (C=O) groups excluding carboxylic acids is 1. The van der Waals surface area contributed by atoms with E-state index in [1.807, 2.05) is 32.0 Å². The van der Waals surface area contributed by atoms with Crippen LogP contribution in [0.1, 0.15) is 23.5 Å². The Kier molecular flexibility index (Phi) is 6.17. The summed E-state index contributed by atoms with van der Waals surface area (Å²) in [5.41, 5.74) is 0. The summed E-state index contributed by atoms with van der Waals surface area (Å²) in [5, 5.41) is 16.6. The van der Waals surface area contributed by atoms with Crippen molar-refractivity contribution in [3.63, 3.8) is 0 Å². The quantitative estimate of drug-likeness (QED) is 0.468. The van der Waals surface area contributed by atoms with Crippen LogP contribution in [0.5, 0.6) is 11.5 Å². The number of methoxy groups -OCH3 is 1. The molecule has 0 fully saturated rings. The van der Waals surface area contributed by atoms with Gasteiger partial charge in [0.1, 0.15) is 10.6 Å². The van der Waals surface area contributed by atoms with Crippen molar-refractivity contribution in [2.75, 3.05) is 12.4 Å². The van der Waals surface area contributed by atoms with Crippen molar-refractivity contribution in [3.05, 3.63) is 41.8 Å². The number of anilines is 1. The fourth-order valence-corrected chi connectivity index (χ4v) is 3.28. The van der Waals surface area contributed by atoms with E-state index in [1.165, 1.54) is 11.3 Å². The van der Waals surface area contributed by atoms with Gasteiger partial charge >= 0.3 is 0 Å². The van der Waals surface area contributed by atoms with Crippen LogP contribution in [-0.2, 0) is 0 Å². The second kappa shape index (κ2) is 8.95. The molecule has 10 nitrogen and oxygen atoms in total. The van der Waals surface area contributed by atoms with Crippen molar-refractivity contribution < 1.29 is 14.3 Å². The average Bonchev–Trinajstić information content (AvgIpc) is 3.44. The molecule has 0 unspecified atom stereocenters. The van der Waals surface area contributed by atoms with Gasteiger partial charge in [0.25, 0.3) is 11.9 Å². The molecular formula is C17H19N7O3S. The minimum Gasteiger partial charge on any atom is -0.497 e. The molecule has 0 atom stereocenters. The molecule has 0 aliphatic carbocycles. The van der Waals surface area contributed by atoms with Crippen LogP contribution in [0.3, 0.4) is 0 Å². The molecule has 4 rings (SSSR count). The minimum atomic E-state index is -0.345. The number of amides is 1. The lowest BCUT2D eigenvalue weighted by molar-refractivity contribution is 0.102. The maximum absolute atomic E-state index is 12.5. The maximum Gasteiger partial charge on any atom is 0.272 e. The number of ether oxygens (including phenoxy) is 2. The van der Waals surface area contributed by atoms with Gasteiger partial charge in [0, 0.05) is 22.5 Å². The summed E-state index contributed by atoms with van der Waals surface area (Å²) in [6.45, 7) is 3.81. The number of aromatic amines is 2. The number of nitrogens with one attached hydrogen (secondary N) is 3. The van der Waals surface area contributed by atoms with Crippen molar-refractivity contribution in [1.29, 1.82) is 0 Å². The van der Waals surface area contributed by atoms with Crippen LogP contribution in [0.2, 0.25) is 0 Å². The Morgan fingerprint density at radius 2 is 2.18 bits per heavy atom. The number of hydrogen-bond donors (Lipinski definition) is 3. The van der Waals surface area contributed by atoms with E-state index in [-0.39, 0.29) is 18.0 Å². The first kappa shape index (κ1) is 19.3. The number of aromatic nitrogens is 6. The summed E-state index contributed by atoms with van der Waals surface area (Å²) in [6.07, 6.45) is 5.01. The molecule has 11 heteroatoms. The van der Waals surface area contributed by atoms with Crippen LogP contribution in [0, 0.1) is 0 Å². The molecule has 0 bridgehead atoms. The Labute approximate surface area is 164 Å². The van der Waals surface area contributed by atoms with Gasteiger partial charge in [-0.3, -0.25) is 10.1 Å². The van der Waals surface area contributed by atoms with E-state index in [0.717, 1.165) is 10.1 Å². The number of hydrogen-bond acceptors (Lipinski definition) is 8. The maximum atomic E-state index is 12.5. The summed E-state index contributed by atoms with van der Waals surface area (Å²) >= 11 is 1.34. The normalized spacial score (nSPS) is 10.4. The van der Waals surface area contributed by atoms with E-state index in [0.29, 0.717) is 16.4 Å². The average molecular weight is 401 g/mol. The second-order valence-corrected chi connectivity index (χ2v) is 6.79. The monoisotopic (exact) mass is 401 g/mol. The number of benzene rings is 1. The molecule has 0 spiro atoms. The van der Waals surface area contributed by atoms with Crippen LogP contribution in [0.4, 0.5) is 5.95 Å². The standard InChI is InChI=1S/C14H15N5O3S.C3H4N2/c1-7(2)22-11-9-6-8(21-3)4-5-10(9)23-12(11)13(20)15-14-16-18-19-17-14;1-2-5-3-4-1/h4-7H,1-3H3,(H2,15,16,17,18,19,20);1-3H,(H,4,5). The van der Waals surface area contributed by atoms with E-state index in [2.05, 4.69) is 35.9 Å². The summed E-state index contributed by atoms with van der Waals surface area (Å²) in [6, 6.07) is 5.60. The van der Waals surface area contributed by atoms with Gasteiger partial charge in [-0.25, -0.2) is 4.98 Å². The van der Waals surface area contributed by atoms with E-state index in [4.69, 9.17) is 9.47 Å². The highest BCUT2D eigenvalue weighted by molar-refractivity contribution is 7.21. The Morgan fingerprint density at radius 3 is 2.75 bits per heavy atom. The lowest BCUT2D eigenvalue weighted by atomic mass is 10.2. The molecule has 3 aromatic heterocycles. The summed E-state index contributed by atoms with van der Waals surface area (Å²) in [5.74, 6) is 0.997. The number of thiophene rings is 1. The van der Waals surface area contributed by atoms with E-state index < -0.39 is 0 Å². The molecule has 0 saturated heterocycles. The highest BCUT2D eigenvalue weighted by Gasteiger charge is 2.22. The van der Waals surface area contributed by atoms with Crippen LogP contribution in [-0.4, -0.2) is 49.7 Å². The van der Waals surface area contributed by atoms with E-state index in [1.54, 1.807) is 25.8 Å². The van der Waals surface area contributed by atoms with Gasteiger partial charge in [0.2, 0.25) is 0 Å². The zero-order valence-electron chi connectivity index (χ0n) is 15.5. The van der Waals surface area contributed by atoms with Crippen LogP contribution in [0.15, 0.2) is 36.9 Å². The smallest absolute Gasteiger partial charge is 0.272 e. The Balaban J connectivity index is 0.000000391.